The number of alkyl halides is 1. The van der Waals surface area contributed by atoms with Crippen LogP contribution in [0, 0.1) is 6.08 Å². The van der Waals surface area contributed by atoms with Crippen molar-refractivity contribution in [2.45, 2.75) is 6.42 Å². The van der Waals surface area contributed by atoms with E-state index in [1.807, 2.05) is 18.0 Å². The Kier molecular flexibility index (Phi) is 15.6. The van der Waals surface area contributed by atoms with Gasteiger partial charge in [-0.1, -0.05) is 15.9 Å². The van der Waals surface area contributed by atoms with E-state index in [-0.39, 0.29) is 26.2 Å². The van der Waals surface area contributed by atoms with Gasteiger partial charge in [-0.3, -0.25) is 6.08 Å². The maximum absolute atomic E-state index is 2.99. The first-order chi connectivity index (χ1) is 3.50. The van der Waals surface area contributed by atoms with Crippen molar-refractivity contribution in [1.82, 2.24) is 0 Å². The molecule has 2 heteroatoms. The Morgan fingerprint density at radius 3 is 2.25 bits per heavy atom. The van der Waals surface area contributed by atoms with Crippen LogP contribution in [0.15, 0.2) is 18.2 Å². The van der Waals surface area contributed by atoms with Crippen molar-refractivity contribution in [2.75, 3.05) is 5.83 Å². The molecule has 0 aromatic rings. The zero-order chi connectivity index (χ0) is 5.54. The molecule has 0 unspecified atom stereocenters. The van der Waals surface area contributed by atoms with E-state index in [0.29, 0.717) is 0 Å². The van der Waals surface area contributed by atoms with Gasteiger partial charge in [-0.05, 0) is 5.83 Å². The van der Waals surface area contributed by atoms with E-state index in [4.69, 9.17) is 0 Å². The van der Waals surface area contributed by atoms with Gasteiger partial charge in [0.1, 0.15) is 0 Å². The van der Waals surface area contributed by atoms with Crippen LogP contribution >= 0.6 is 15.9 Å². The molecule has 0 saturated carbocycles. The normalized spacial score (nSPS) is 11.8. The molecule has 0 spiro atoms. The van der Waals surface area contributed by atoms with Crippen molar-refractivity contribution >= 4 is 15.9 Å². The van der Waals surface area contributed by atoms with E-state index < -0.39 is 0 Å². The van der Waals surface area contributed by atoms with E-state index in [1.54, 1.807) is 0 Å². The van der Waals surface area contributed by atoms with Crippen molar-refractivity contribution in [3.05, 3.63) is 24.3 Å². The first kappa shape index (κ1) is 11.6. The van der Waals surface area contributed by atoms with Gasteiger partial charge in [0.05, 0.1) is 0 Å². The first-order valence-corrected chi connectivity index (χ1v) is 3.68. The molecular weight excluding hydrogens is 243 g/mol. The molecular formula is C6H8BrZr-. The maximum atomic E-state index is 2.99. The molecule has 1 aliphatic carbocycles. The Labute approximate surface area is 78.3 Å². The van der Waals surface area contributed by atoms with Crippen molar-refractivity contribution < 1.29 is 26.2 Å². The van der Waals surface area contributed by atoms with E-state index in [9.17, 15) is 0 Å². The van der Waals surface area contributed by atoms with E-state index >= 15 is 0 Å². The second-order valence-electron chi connectivity index (χ2n) is 1.00. The molecule has 0 atom stereocenters. The Balaban J connectivity index is 0. The Hall–Kier alpha value is 0.843. The van der Waals surface area contributed by atoms with Crippen LogP contribution in [-0.4, -0.2) is 5.83 Å². The number of rotatable bonds is 0. The van der Waals surface area contributed by atoms with Crippen molar-refractivity contribution in [1.29, 1.82) is 0 Å². The Morgan fingerprint density at radius 2 is 2.12 bits per heavy atom. The van der Waals surface area contributed by atoms with Crippen LogP contribution in [0.1, 0.15) is 6.42 Å². The molecule has 0 aliphatic heterocycles. The molecule has 44 valence electrons. The smallest absolute Gasteiger partial charge is 0 e. The third kappa shape index (κ3) is 6.84. The summed E-state index contributed by atoms with van der Waals surface area (Å²) in [6, 6.07) is 0. The van der Waals surface area contributed by atoms with E-state index in [0.717, 1.165) is 6.42 Å². The summed E-state index contributed by atoms with van der Waals surface area (Å²) >= 11 is 2.94. The van der Waals surface area contributed by atoms with Crippen molar-refractivity contribution in [3.8, 4) is 0 Å². The topological polar surface area (TPSA) is 0 Å². The van der Waals surface area contributed by atoms with E-state index in [2.05, 4.69) is 28.1 Å². The zero-order valence-electron chi connectivity index (χ0n) is 4.82. The number of allylic oxidation sites excluding steroid dienone is 4. The van der Waals surface area contributed by atoms with Crippen LogP contribution in [0.3, 0.4) is 0 Å². The summed E-state index contributed by atoms with van der Waals surface area (Å²) in [7, 11) is 0. The monoisotopic (exact) mass is 249 g/mol. The summed E-state index contributed by atoms with van der Waals surface area (Å²) < 4.78 is 0. The van der Waals surface area contributed by atoms with Crippen LogP contribution in [0.25, 0.3) is 0 Å². The summed E-state index contributed by atoms with van der Waals surface area (Å²) in [5, 5.41) is 0. The van der Waals surface area contributed by atoms with Gasteiger partial charge in [0.2, 0.25) is 0 Å². The average molecular weight is 251 g/mol. The Morgan fingerprint density at radius 1 is 1.50 bits per heavy atom. The van der Waals surface area contributed by atoms with Crippen LogP contribution < -0.4 is 0 Å². The average Bonchev–Trinajstić information content (AvgIpc) is 2.23. The quantitative estimate of drug-likeness (QED) is 0.458. The molecule has 0 heterocycles. The third-order valence-electron chi connectivity index (χ3n) is 0.586. The fourth-order valence-electron chi connectivity index (χ4n) is 0.340. The number of halogens is 1. The van der Waals surface area contributed by atoms with Crippen molar-refractivity contribution in [3.63, 3.8) is 0 Å². The molecule has 0 nitrogen and oxygen atoms in total. The number of hydrogen-bond donors (Lipinski definition) is 0. The standard InChI is InChI=1S/C5H5.CH3Br.Zr/c1-2-4-5-3-1;1-2;/h1-3H,4H2;1H3;/q-1;;. The fraction of sp³-hybridized carbons (Fsp3) is 0.333. The van der Waals surface area contributed by atoms with Crippen molar-refractivity contribution in [2.24, 2.45) is 0 Å². The number of hydrogen-bond acceptors (Lipinski definition) is 0. The van der Waals surface area contributed by atoms with Gasteiger partial charge in [-0.2, -0.15) is 6.08 Å². The minimum Gasteiger partial charge on any atom is -0.273 e. The molecule has 0 amide bonds. The second-order valence-corrected chi connectivity index (χ2v) is 1.00. The minimum absolute atomic E-state index is 0. The molecule has 0 bridgehead atoms. The van der Waals surface area contributed by atoms with Gasteiger partial charge < -0.3 is 0 Å². The third-order valence-corrected chi connectivity index (χ3v) is 0.586. The predicted molar refractivity (Wildman–Crippen MR) is 36.4 cm³/mol. The maximum Gasteiger partial charge on any atom is 0 e. The molecule has 1 rings (SSSR count). The predicted octanol–water partition coefficient (Wildman–Crippen LogP) is 2.31. The molecule has 8 heavy (non-hydrogen) atoms. The summed E-state index contributed by atoms with van der Waals surface area (Å²) in [6.07, 6.45) is 10.0. The SMILES string of the molecule is CBr.[C-]1=CC=CC1.[Zr]. The first-order valence-electron chi connectivity index (χ1n) is 2.10. The fourth-order valence-corrected chi connectivity index (χ4v) is 0.340. The summed E-state index contributed by atoms with van der Waals surface area (Å²) in [5.74, 6) is 1.81. The molecule has 0 aromatic heterocycles. The molecule has 1 aliphatic rings. The van der Waals surface area contributed by atoms with Gasteiger partial charge >= 0.3 is 0 Å². The van der Waals surface area contributed by atoms with Gasteiger partial charge in [0.25, 0.3) is 0 Å². The molecule has 0 saturated heterocycles. The summed E-state index contributed by atoms with van der Waals surface area (Å²) in [4.78, 5) is 0. The zero-order valence-corrected chi connectivity index (χ0v) is 8.86. The second kappa shape index (κ2) is 10.8. The molecule has 0 radical (unpaired) electrons. The molecule has 0 fully saturated rings. The van der Waals surface area contributed by atoms with Gasteiger partial charge in [-0.15, -0.1) is 6.42 Å². The van der Waals surface area contributed by atoms with Gasteiger partial charge in [-0.25, -0.2) is 12.2 Å². The molecule has 0 aromatic carbocycles. The largest absolute Gasteiger partial charge is 0.273 e. The van der Waals surface area contributed by atoms with Gasteiger partial charge in [0, 0.05) is 26.2 Å². The van der Waals surface area contributed by atoms with Gasteiger partial charge in [0.15, 0.2) is 0 Å². The molecule has 0 N–H and O–H groups in total. The Bertz CT molecular complexity index is 66.6. The van der Waals surface area contributed by atoms with Crippen LogP contribution in [0.2, 0.25) is 0 Å². The van der Waals surface area contributed by atoms with Crippen LogP contribution in [0.5, 0.6) is 0 Å². The summed E-state index contributed by atoms with van der Waals surface area (Å²) in [5.41, 5.74) is 0. The van der Waals surface area contributed by atoms with Crippen LogP contribution in [-0.2, 0) is 26.2 Å². The van der Waals surface area contributed by atoms with Crippen LogP contribution in [0.4, 0.5) is 0 Å². The van der Waals surface area contributed by atoms with E-state index in [1.165, 1.54) is 0 Å². The summed E-state index contributed by atoms with van der Waals surface area (Å²) in [6.45, 7) is 0. The minimum atomic E-state index is 0.